The molecule has 0 bridgehead atoms. The predicted octanol–water partition coefficient (Wildman–Crippen LogP) is 2.24. The van der Waals surface area contributed by atoms with E-state index in [1.807, 2.05) is 0 Å². The summed E-state index contributed by atoms with van der Waals surface area (Å²) >= 11 is 5.83. The molecule has 112 valence electrons. The van der Waals surface area contributed by atoms with Crippen molar-refractivity contribution < 1.29 is 21.9 Å². The Labute approximate surface area is 124 Å². The molecule has 0 fully saturated rings. The second-order valence-corrected chi connectivity index (χ2v) is 5.99. The average molecular weight is 335 g/mol. The van der Waals surface area contributed by atoms with Crippen molar-refractivity contribution in [1.82, 2.24) is 4.98 Å². The summed E-state index contributed by atoms with van der Waals surface area (Å²) in [6.07, 6.45) is 2.80. The summed E-state index contributed by atoms with van der Waals surface area (Å²) in [4.78, 5) is 3.08. The van der Waals surface area contributed by atoms with Crippen molar-refractivity contribution in [3.05, 3.63) is 52.8 Å². The van der Waals surface area contributed by atoms with E-state index in [2.05, 4.69) is 4.98 Å². The number of rotatable bonds is 4. The fourth-order valence-corrected chi connectivity index (χ4v) is 2.22. The first-order chi connectivity index (χ1) is 9.79. The Bertz CT molecular complexity index is 761. The number of hydrogen-bond acceptors (Lipinski definition) is 4. The van der Waals surface area contributed by atoms with Crippen LogP contribution in [0.3, 0.4) is 0 Å². The van der Waals surface area contributed by atoms with Gasteiger partial charge in [-0.05, 0) is 18.2 Å². The van der Waals surface area contributed by atoms with Gasteiger partial charge in [-0.2, -0.15) is 0 Å². The van der Waals surface area contributed by atoms with E-state index in [0.717, 1.165) is 0 Å². The van der Waals surface area contributed by atoms with Gasteiger partial charge in [0.15, 0.2) is 17.4 Å². The molecule has 5 nitrogen and oxygen atoms in total. The predicted molar refractivity (Wildman–Crippen MR) is 71.3 cm³/mol. The van der Waals surface area contributed by atoms with Gasteiger partial charge in [-0.25, -0.2) is 22.3 Å². The first-order valence-electron chi connectivity index (χ1n) is 5.52. The van der Waals surface area contributed by atoms with Crippen LogP contribution in [0.15, 0.2) is 35.5 Å². The molecular weight excluding hydrogens is 326 g/mol. The minimum absolute atomic E-state index is 0.204. The van der Waals surface area contributed by atoms with Gasteiger partial charge in [0.2, 0.25) is 10.0 Å². The van der Waals surface area contributed by atoms with E-state index < -0.39 is 32.3 Å². The van der Waals surface area contributed by atoms with Gasteiger partial charge < -0.3 is 4.74 Å². The summed E-state index contributed by atoms with van der Waals surface area (Å²) in [6, 6.07) is 2.70. The Morgan fingerprint density at radius 2 is 1.90 bits per heavy atom. The van der Waals surface area contributed by atoms with Crippen LogP contribution in [0, 0.1) is 11.6 Å². The highest BCUT2D eigenvalue weighted by molar-refractivity contribution is 7.89. The summed E-state index contributed by atoms with van der Waals surface area (Å²) in [6.45, 7) is -0.204. The third-order valence-electron chi connectivity index (χ3n) is 2.53. The lowest BCUT2D eigenvalue weighted by molar-refractivity contribution is 0.273. The number of aromatic nitrogens is 1. The third-order valence-corrected chi connectivity index (χ3v) is 3.76. The van der Waals surface area contributed by atoms with Crippen molar-refractivity contribution in [1.29, 1.82) is 0 Å². The highest BCUT2D eigenvalue weighted by Gasteiger charge is 2.18. The number of nitrogens with zero attached hydrogens (tertiary/aromatic N) is 1. The summed E-state index contributed by atoms with van der Waals surface area (Å²) < 4.78 is 54.5. The van der Waals surface area contributed by atoms with Crippen LogP contribution < -0.4 is 9.88 Å². The highest BCUT2D eigenvalue weighted by atomic mass is 35.5. The zero-order chi connectivity index (χ0) is 15.6. The number of pyridine rings is 1. The quantitative estimate of drug-likeness (QED) is 0.929. The number of hydrogen-bond donors (Lipinski definition) is 1. The monoisotopic (exact) mass is 334 g/mol. The summed E-state index contributed by atoms with van der Waals surface area (Å²) in [5.41, 5.74) is 0.473. The van der Waals surface area contributed by atoms with E-state index in [1.165, 1.54) is 18.5 Å². The van der Waals surface area contributed by atoms with Gasteiger partial charge >= 0.3 is 0 Å². The molecule has 2 N–H and O–H groups in total. The molecule has 0 aliphatic heterocycles. The van der Waals surface area contributed by atoms with Crippen LogP contribution in [0.5, 0.6) is 5.75 Å². The van der Waals surface area contributed by atoms with Crippen molar-refractivity contribution in [2.75, 3.05) is 0 Å². The summed E-state index contributed by atoms with van der Waals surface area (Å²) in [7, 11) is -4.20. The molecule has 0 aliphatic carbocycles. The van der Waals surface area contributed by atoms with Crippen LogP contribution in [0.4, 0.5) is 8.78 Å². The van der Waals surface area contributed by atoms with Crippen molar-refractivity contribution in [2.24, 2.45) is 5.14 Å². The van der Waals surface area contributed by atoms with Crippen molar-refractivity contribution in [2.45, 2.75) is 11.5 Å². The summed E-state index contributed by atoms with van der Waals surface area (Å²) in [5, 5.41) is 5.08. The van der Waals surface area contributed by atoms with Gasteiger partial charge in [0, 0.05) is 18.0 Å². The molecule has 2 rings (SSSR count). The van der Waals surface area contributed by atoms with Gasteiger partial charge in [-0.15, -0.1) is 0 Å². The van der Waals surface area contributed by atoms with E-state index in [9.17, 15) is 17.2 Å². The van der Waals surface area contributed by atoms with Crippen molar-refractivity contribution in [3.63, 3.8) is 0 Å². The van der Waals surface area contributed by atoms with E-state index in [-0.39, 0.29) is 11.6 Å². The molecule has 9 heteroatoms. The van der Waals surface area contributed by atoms with Crippen LogP contribution in [0.25, 0.3) is 0 Å². The lowest BCUT2D eigenvalue weighted by atomic mass is 10.3. The topological polar surface area (TPSA) is 82.3 Å². The number of ether oxygens (including phenoxy) is 1. The van der Waals surface area contributed by atoms with Gasteiger partial charge in [-0.3, -0.25) is 4.98 Å². The van der Waals surface area contributed by atoms with Gasteiger partial charge in [-0.1, -0.05) is 11.6 Å². The van der Waals surface area contributed by atoms with E-state index in [1.54, 1.807) is 0 Å². The first-order valence-corrected chi connectivity index (χ1v) is 7.44. The van der Waals surface area contributed by atoms with Gasteiger partial charge in [0.1, 0.15) is 6.61 Å². The molecule has 0 unspecified atom stereocenters. The zero-order valence-electron chi connectivity index (χ0n) is 10.4. The molecule has 1 aromatic heterocycles. The van der Waals surface area contributed by atoms with E-state index in [0.29, 0.717) is 17.7 Å². The highest BCUT2D eigenvalue weighted by Crippen LogP contribution is 2.26. The maximum atomic E-state index is 13.7. The molecule has 2 aromatic rings. The smallest absolute Gasteiger partial charge is 0.238 e. The van der Waals surface area contributed by atoms with Gasteiger partial charge in [0.05, 0.1) is 9.92 Å². The molecular formula is C12H9ClF2N2O3S. The number of primary sulfonamides is 1. The van der Waals surface area contributed by atoms with E-state index in [4.69, 9.17) is 21.5 Å². The molecule has 1 heterocycles. The Morgan fingerprint density at radius 1 is 1.29 bits per heavy atom. The third kappa shape index (κ3) is 3.66. The fourth-order valence-electron chi connectivity index (χ4n) is 1.51. The van der Waals surface area contributed by atoms with Gasteiger partial charge in [0.25, 0.3) is 0 Å². The fraction of sp³-hybridized carbons (Fsp3) is 0.0833. The van der Waals surface area contributed by atoms with Crippen LogP contribution in [-0.4, -0.2) is 13.4 Å². The minimum atomic E-state index is -4.20. The Hall–Kier alpha value is -1.77. The number of nitrogens with two attached hydrogens (primary N) is 1. The van der Waals surface area contributed by atoms with Crippen molar-refractivity contribution >= 4 is 21.6 Å². The molecule has 21 heavy (non-hydrogen) atoms. The molecule has 0 saturated heterocycles. The number of halogens is 3. The molecule has 0 atom stereocenters. The maximum absolute atomic E-state index is 13.7. The SMILES string of the molecule is NS(=O)(=O)c1cc(F)c(OCc2ccncc2Cl)c(F)c1. The second kappa shape index (κ2) is 5.92. The standard InChI is InChI=1S/C12H9ClF2N2O3S/c13-9-5-17-2-1-7(9)6-20-12-10(14)3-8(4-11(12)15)21(16,18)19/h1-5H,6H2,(H2,16,18,19). The molecule has 0 spiro atoms. The van der Waals surface area contributed by atoms with Crippen molar-refractivity contribution in [3.8, 4) is 5.75 Å². The minimum Gasteiger partial charge on any atom is -0.483 e. The van der Waals surface area contributed by atoms with Crippen LogP contribution in [0.1, 0.15) is 5.56 Å². The normalized spacial score (nSPS) is 11.4. The van der Waals surface area contributed by atoms with Crippen LogP contribution in [0.2, 0.25) is 5.02 Å². The largest absolute Gasteiger partial charge is 0.483 e. The molecule has 0 aliphatic rings. The Balaban J connectivity index is 2.28. The molecule has 0 radical (unpaired) electrons. The Kier molecular flexibility index (Phi) is 4.40. The lowest BCUT2D eigenvalue weighted by Gasteiger charge is -2.10. The number of sulfonamides is 1. The number of benzene rings is 1. The average Bonchev–Trinajstić information content (AvgIpc) is 2.38. The van der Waals surface area contributed by atoms with E-state index >= 15 is 0 Å². The lowest BCUT2D eigenvalue weighted by Crippen LogP contribution is -2.13. The Morgan fingerprint density at radius 3 is 2.43 bits per heavy atom. The zero-order valence-corrected chi connectivity index (χ0v) is 12.0. The first kappa shape index (κ1) is 15.6. The molecule has 0 amide bonds. The molecule has 0 saturated carbocycles. The second-order valence-electron chi connectivity index (χ2n) is 4.02. The summed E-state index contributed by atoms with van der Waals surface area (Å²) in [5.74, 6) is -3.07. The van der Waals surface area contributed by atoms with Crippen LogP contribution >= 0.6 is 11.6 Å². The molecule has 1 aromatic carbocycles. The maximum Gasteiger partial charge on any atom is 0.238 e. The van der Waals surface area contributed by atoms with Crippen LogP contribution in [-0.2, 0) is 16.6 Å².